The minimum Gasteiger partial charge on any atom is -0.497 e. The van der Waals surface area contributed by atoms with E-state index >= 15 is 0 Å². The monoisotopic (exact) mass is 439 g/mol. The molecule has 0 aliphatic heterocycles. The van der Waals surface area contributed by atoms with Crippen LogP contribution in [-0.2, 0) is 12.6 Å². The molecular weight excluding hydrogens is 423 g/mol. The van der Waals surface area contributed by atoms with Crippen LogP contribution in [-0.4, -0.2) is 29.5 Å². The lowest BCUT2D eigenvalue weighted by Gasteiger charge is -2.13. The summed E-state index contributed by atoms with van der Waals surface area (Å²) in [5.74, 6) is -0.0316. The van der Waals surface area contributed by atoms with Gasteiger partial charge in [-0.3, -0.25) is 0 Å². The summed E-state index contributed by atoms with van der Waals surface area (Å²) in [6.45, 7) is 0.165. The van der Waals surface area contributed by atoms with Gasteiger partial charge < -0.3 is 14.8 Å². The quantitative estimate of drug-likeness (QED) is 0.594. The molecule has 0 saturated carbocycles. The SMILES string of the molecule is COc1cccc(CCNC(=O)Oc2cnn(-c3ccc(Cl)cc3)c2C(F)(F)F)c1. The number of halogens is 4. The molecule has 0 aliphatic carbocycles. The largest absolute Gasteiger partial charge is 0.497 e. The number of benzene rings is 2. The van der Waals surface area contributed by atoms with E-state index in [-0.39, 0.29) is 12.2 Å². The van der Waals surface area contributed by atoms with Gasteiger partial charge >= 0.3 is 12.3 Å². The van der Waals surface area contributed by atoms with E-state index < -0.39 is 23.7 Å². The number of hydrogen-bond acceptors (Lipinski definition) is 4. The summed E-state index contributed by atoms with van der Waals surface area (Å²) < 4.78 is 51.4. The van der Waals surface area contributed by atoms with Crippen molar-refractivity contribution in [2.45, 2.75) is 12.6 Å². The number of alkyl halides is 3. The van der Waals surface area contributed by atoms with Crippen LogP contribution in [0.25, 0.3) is 5.69 Å². The smallest absolute Gasteiger partial charge is 0.437 e. The van der Waals surface area contributed by atoms with Crippen LogP contribution >= 0.6 is 11.6 Å². The highest BCUT2D eigenvalue weighted by Gasteiger charge is 2.40. The lowest BCUT2D eigenvalue weighted by Crippen LogP contribution is -2.29. The van der Waals surface area contributed by atoms with E-state index in [0.29, 0.717) is 21.9 Å². The summed E-state index contributed by atoms with van der Waals surface area (Å²) in [4.78, 5) is 12.0. The summed E-state index contributed by atoms with van der Waals surface area (Å²) in [5, 5.41) is 6.51. The minimum absolute atomic E-state index is 0.125. The fraction of sp³-hybridized carbons (Fsp3) is 0.200. The zero-order valence-electron chi connectivity index (χ0n) is 15.7. The molecule has 0 atom stereocenters. The zero-order chi connectivity index (χ0) is 21.7. The van der Waals surface area contributed by atoms with E-state index in [4.69, 9.17) is 21.1 Å². The fourth-order valence-corrected chi connectivity index (χ4v) is 2.84. The molecule has 30 heavy (non-hydrogen) atoms. The number of ether oxygens (including phenoxy) is 2. The van der Waals surface area contributed by atoms with Crippen LogP contribution in [0.2, 0.25) is 5.02 Å². The van der Waals surface area contributed by atoms with Gasteiger partial charge in [-0.1, -0.05) is 23.7 Å². The molecule has 158 valence electrons. The van der Waals surface area contributed by atoms with E-state index in [2.05, 4.69) is 10.4 Å². The van der Waals surface area contributed by atoms with E-state index in [9.17, 15) is 18.0 Å². The highest BCUT2D eigenvalue weighted by Crippen LogP contribution is 2.37. The first-order valence-electron chi connectivity index (χ1n) is 8.77. The second-order valence-corrected chi connectivity index (χ2v) is 6.60. The summed E-state index contributed by atoms with van der Waals surface area (Å²) >= 11 is 5.78. The number of carbonyl (C=O) groups is 1. The van der Waals surface area contributed by atoms with Crippen molar-refractivity contribution in [3.8, 4) is 17.2 Å². The summed E-state index contributed by atoms with van der Waals surface area (Å²) in [7, 11) is 1.54. The Bertz CT molecular complexity index is 1020. The number of amides is 1. The molecule has 1 aromatic heterocycles. The first-order chi connectivity index (χ1) is 14.3. The number of carbonyl (C=O) groups excluding carboxylic acids is 1. The summed E-state index contributed by atoms with van der Waals surface area (Å²) in [6.07, 6.45) is -4.52. The van der Waals surface area contributed by atoms with Gasteiger partial charge in [-0.15, -0.1) is 0 Å². The molecular formula is C20H17ClF3N3O3. The number of methoxy groups -OCH3 is 1. The highest BCUT2D eigenvalue weighted by atomic mass is 35.5. The lowest BCUT2D eigenvalue weighted by atomic mass is 10.1. The van der Waals surface area contributed by atoms with E-state index in [1.165, 1.54) is 31.4 Å². The third-order valence-corrected chi connectivity index (χ3v) is 4.35. The number of nitrogens with zero attached hydrogens (tertiary/aromatic N) is 2. The Morgan fingerprint density at radius 3 is 2.60 bits per heavy atom. The first-order valence-corrected chi connectivity index (χ1v) is 9.15. The van der Waals surface area contributed by atoms with Gasteiger partial charge in [0.05, 0.1) is 19.0 Å². The standard InChI is InChI=1S/C20H17ClF3N3O3/c1-29-16-4-2-3-13(11-16)9-10-25-19(28)30-17-12-26-27(18(17)20(22,23)24)15-7-5-14(21)6-8-15/h2-8,11-12H,9-10H2,1H3,(H,25,28). The first kappa shape index (κ1) is 21.5. The molecule has 0 fully saturated rings. The summed E-state index contributed by atoms with van der Waals surface area (Å²) in [6, 6.07) is 12.8. The Balaban J connectivity index is 1.69. The van der Waals surface area contributed by atoms with Crippen molar-refractivity contribution in [1.29, 1.82) is 0 Å². The number of aromatic nitrogens is 2. The Hall–Kier alpha value is -3.20. The Morgan fingerprint density at radius 2 is 1.93 bits per heavy atom. The molecule has 0 saturated heterocycles. The molecule has 0 aliphatic rings. The Labute approximate surface area is 175 Å². The van der Waals surface area contributed by atoms with Gasteiger partial charge in [0.15, 0.2) is 11.4 Å². The molecule has 0 radical (unpaired) electrons. The minimum atomic E-state index is -4.80. The maximum absolute atomic E-state index is 13.6. The van der Waals surface area contributed by atoms with Gasteiger partial charge in [0.2, 0.25) is 0 Å². The maximum atomic E-state index is 13.6. The van der Waals surface area contributed by atoms with E-state index in [0.717, 1.165) is 11.8 Å². The topological polar surface area (TPSA) is 65.4 Å². The second kappa shape index (κ2) is 9.08. The lowest BCUT2D eigenvalue weighted by molar-refractivity contribution is -0.143. The van der Waals surface area contributed by atoms with Crippen LogP contribution in [0.15, 0.2) is 54.7 Å². The van der Waals surface area contributed by atoms with Gasteiger partial charge in [-0.25, -0.2) is 9.48 Å². The molecule has 3 aromatic rings. The van der Waals surface area contributed by atoms with Crippen molar-refractivity contribution in [2.75, 3.05) is 13.7 Å². The molecule has 10 heteroatoms. The van der Waals surface area contributed by atoms with Crippen molar-refractivity contribution in [2.24, 2.45) is 0 Å². The fourth-order valence-electron chi connectivity index (χ4n) is 2.72. The average Bonchev–Trinajstić information content (AvgIpc) is 3.12. The molecule has 3 rings (SSSR count). The number of nitrogens with one attached hydrogen (secondary N) is 1. The molecule has 0 spiro atoms. The second-order valence-electron chi connectivity index (χ2n) is 6.16. The molecule has 1 heterocycles. The van der Waals surface area contributed by atoms with Crippen molar-refractivity contribution in [3.63, 3.8) is 0 Å². The molecule has 0 bridgehead atoms. The Morgan fingerprint density at radius 1 is 1.20 bits per heavy atom. The van der Waals surface area contributed by atoms with E-state index in [1.54, 1.807) is 18.2 Å². The third kappa shape index (κ3) is 5.24. The van der Waals surface area contributed by atoms with Crippen molar-refractivity contribution < 1.29 is 27.4 Å². The third-order valence-electron chi connectivity index (χ3n) is 4.10. The molecule has 0 unspecified atom stereocenters. The molecule has 1 amide bonds. The van der Waals surface area contributed by atoms with Gasteiger partial charge in [-0.05, 0) is 48.4 Å². The number of rotatable bonds is 6. The Kier molecular flexibility index (Phi) is 6.51. The normalized spacial score (nSPS) is 11.2. The van der Waals surface area contributed by atoms with Gasteiger partial charge in [-0.2, -0.15) is 18.3 Å². The van der Waals surface area contributed by atoms with Crippen LogP contribution in [0.4, 0.5) is 18.0 Å². The van der Waals surface area contributed by atoms with Crippen molar-refractivity contribution >= 4 is 17.7 Å². The van der Waals surface area contributed by atoms with Gasteiger partial charge in [0, 0.05) is 11.6 Å². The zero-order valence-corrected chi connectivity index (χ0v) is 16.5. The predicted octanol–water partition coefficient (Wildman–Crippen LogP) is 4.88. The highest BCUT2D eigenvalue weighted by molar-refractivity contribution is 6.30. The van der Waals surface area contributed by atoms with Crippen LogP contribution in [0.1, 0.15) is 11.3 Å². The molecule has 6 nitrogen and oxygen atoms in total. The molecule has 2 aromatic carbocycles. The van der Waals surface area contributed by atoms with E-state index in [1.807, 2.05) is 6.07 Å². The maximum Gasteiger partial charge on any atom is 0.437 e. The van der Waals surface area contributed by atoms with Gasteiger partial charge in [0.1, 0.15) is 5.75 Å². The predicted molar refractivity (Wildman–Crippen MR) is 104 cm³/mol. The molecule has 1 N–H and O–H groups in total. The van der Waals surface area contributed by atoms with Crippen LogP contribution in [0.3, 0.4) is 0 Å². The van der Waals surface area contributed by atoms with Crippen molar-refractivity contribution in [1.82, 2.24) is 15.1 Å². The van der Waals surface area contributed by atoms with Crippen LogP contribution < -0.4 is 14.8 Å². The van der Waals surface area contributed by atoms with Crippen LogP contribution in [0.5, 0.6) is 11.5 Å². The van der Waals surface area contributed by atoms with Crippen LogP contribution in [0, 0.1) is 0 Å². The summed E-state index contributed by atoms with van der Waals surface area (Å²) in [5.41, 5.74) is -0.186. The number of hydrogen-bond donors (Lipinski definition) is 1. The van der Waals surface area contributed by atoms with Gasteiger partial charge in [0.25, 0.3) is 0 Å². The average molecular weight is 440 g/mol. The van der Waals surface area contributed by atoms with Crippen molar-refractivity contribution in [3.05, 3.63) is 71.0 Å².